The molecule has 1 heterocycles. The monoisotopic (exact) mass is 263 g/mol. The third kappa shape index (κ3) is 2.88. The first-order valence-electron chi connectivity index (χ1n) is 6.18. The van der Waals surface area contributed by atoms with Gasteiger partial charge in [-0.05, 0) is 36.2 Å². The lowest BCUT2D eigenvalue weighted by Gasteiger charge is -2.19. The standard InChI is InChI=1S/C13H17N3OS/c1-4-7-16(8-10-5-6-10)13(17)12-11(9(2)3)14-15-18-12/h1,9-10H,5-8H2,2-3H3. The number of terminal acetylenes is 1. The predicted molar refractivity (Wildman–Crippen MR) is 71.5 cm³/mol. The number of aromatic nitrogens is 2. The second kappa shape index (κ2) is 5.49. The normalized spacial score (nSPS) is 14.6. The molecule has 0 N–H and O–H groups in total. The fourth-order valence-electron chi connectivity index (χ4n) is 1.81. The van der Waals surface area contributed by atoms with Crippen molar-refractivity contribution < 1.29 is 4.79 Å². The molecule has 0 spiro atoms. The van der Waals surface area contributed by atoms with E-state index >= 15 is 0 Å². The summed E-state index contributed by atoms with van der Waals surface area (Å²) in [5.41, 5.74) is 0.780. The minimum Gasteiger partial charge on any atom is -0.326 e. The SMILES string of the molecule is C#CCN(CC1CC1)C(=O)c1snnc1C(C)C. The van der Waals surface area contributed by atoms with E-state index in [1.54, 1.807) is 4.90 Å². The van der Waals surface area contributed by atoms with Gasteiger partial charge in [-0.2, -0.15) is 0 Å². The lowest BCUT2D eigenvalue weighted by Crippen LogP contribution is -2.33. The van der Waals surface area contributed by atoms with Crippen molar-refractivity contribution in [1.29, 1.82) is 0 Å². The van der Waals surface area contributed by atoms with Crippen LogP contribution in [0.15, 0.2) is 0 Å². The van der Waals surface area contributed by atoms with E-state index in [9.17, 15) is 4.79 Å². The topological polar surface area (TPSA) is 46.1 Å². The van der Waals surface area contributed by atoms with Crippen LogP contribution in [0.5, 0.6) is 0 Å². The Labute approximate surface area is 112 Å². The minimum absolute atomic E-state index is 0.0152. The number of nitrogens with zero attached hydrogens (tertiary/aromatic N) is 3. The second-order valence-corrected chi connectivity index (χ2v) is 5.73. The van der Waals surface area contributed by atoms with Crippen LogP contribution in [0.4, 0.5) is 0 Å². The highest BCUT2D eigenvalue weighted by molar-refractivity contribution is 7.08. The summed E-state index contributed by atoms with van der Waals surface area (Å²) >= 11 is 1.17. The molecule has 0 unspecified atom stereocenters. The molecule has 1 aromatic rings. The zero-order valence-electron chi connectivity index (χ0n) is 10.7. The summed E-state index contributed by atoms with van der Waals surface area (Å²) in [7, 11) is 0. The van der Waals surface area contributed by atoms with E-state index in [-0.39, 0.29) is 11.8 Å². The first-order chi connectivity index (χ1) is 8.63. The highest BCUT2D eigenvalue weighted by Crippen LogP contribution is 2.30. The third-order valence-corrected chi connectivity index (χ3v) is 3.73. The van der Waals surface area contributed by atoms with E-state index in [1.165, 1.54) is 24.4 Å². The molecule has 5 heteroatoms. The van der Waals surface area contributed by atoms with Crippen LogP contribution >= 0.6 is 11.5 Å². The Hall–Kier alpha value is -1.41. The smallest absolute Gasteiger partial charge is 0.268 e. The average Bonchev–Trinajstić information content (AvgIpc) is 3.01. The molecule has 4 nitrogen and oxygen atoms in total. The largest absolute Gasteiger partial charge is 0.326 e. The summed E-state index contributed by atoms with van der Waals surface area (Å²) in [4.78, 5) is 14.8. The molecule has 1 fully saturated rings. The van der Waals surface area contributed by atoms with Crippen LogP contribution in [0.1, 0.15) is 48.0 Å². The Morgan fingerprint density at radius 1 is 1.61 bits per heavy atom. The highest BCUT2D eigenvalue weighted by Gasteiger charge is 2.29. The van der Waals surface area contributed by atoms with E-state index in [4.69, 9.17) is 6.42 Å². The molecule has 18 heavy (non-hydrogen) atoms. The maximum atomic E-state index is 12.4. The molecule has 1 amide bonds. The van der Waals surface area contributed by atoms with Crippen LogP contribution in [0.3, 0.4) is 0 Å². The first-order valence-corrected chi connectivity index (χ1v) is 6.95. The third-order valence-electron chi connectivity index (χ3n) is 3.00. The molecule has 1 aliphatic rings. The Kier molecular flexibility index (Phi) is 3.97. The Balaban J connectivity index is 2.16. The van der Waals surface area contributed by atoms with Gasteiger partial charge in [0.1, 0.15) is 4.88 Å². The molecule has 2 rings (SSSR count). The molecule has 0 atom stereocenters. The number of amides is 1. The van der Waals surface area contributed by atoms with Crippen molar-refractivity contribution in [2.45, 2.75) is 32.6 Å². The van der Waals surface area contributed by atoms with Gasteiger partial charge in [0, 0.05) is 6.54 Å². The maximum Gasteiger partial charge on any atom is 0.268 e. The van der Waals surface area contributed by atoms with Crippen molar-refractivity contribution >= 4 is 17.4 Å². The Morgan fingerprint density at radius 2 is 2.33 bits per heavy atom. The minimum atomic E-state index is -0.0152. The Bertz CT molecular complexity index is 471. The summed E-state index contributed by atoms with van der Waals surface area (Å²) in [5.74, 6) is 3.38. The second-order valence-electron chi connectivity index (χ2n) is 4.98. The van der Waals surface area contributed by atoms with E-state index in [1.807, 2.05) is 13.8 Å². The maximum absolute atomic E-state index is 12.4. The van der Waals surface area contributed by atoms with Gasteiger partial charge in [0.15, 0.2) is 0 Å². The lowest BCUT2D eigenvalue weighted by atomic mass is 10.1. The first kappa shape index (κ1) is 13.0. The van der Waals surface area contributed by atoms with Crippen LogP contribution in [0, 0.1) is 18.3 Å². The molecule has 1 saturated carbocycles. The van der Waals surface area contributed by atoms with Crippen LogP contribution < -0.4 is 0 Å². The molecular weight excluding hydrogens is 246 g/mol. The van der Waals surface area contributed by atoms with Crippen LogP contribution in [-0.4, -0.2) is 33.5 Å². The van der Waals surface area contributed by atoms with Gasteiger partial charge in [-0.25, -0.2) is 0 Å². The Morgan fingerprint density at radius 3 is 2.89 bits per heavy atom. The number of carbonyl (C=O) groups excluding carboxylic acids is 1. The van der Waals surface area contributed by atoms with Gasteiger partial charge in [0.25, 0.3) is 5.91 Å². The van der Waals surface area contributed by atoms with Gasteiger partial charge in [-0.15, -0.1) is 11.5 Å². The molecule has 0 saturated heterocycles. The van der Waals surface area contributed by atoms with Crippen molar-refractivity contribution in [1.82, 2.24) is 14.5 Å². The summed E-state index contributed by atoms with van der Waals surface area (Å²) in [5, 5.41) is 4.04. The fraction of sp³-hybridized carbons (Fsp3) is 0.615. The highest BCUT2D eigenvalue weighted by atomic mass is 32.1. The van der Waals surface area contributed by atoms with Crippen LogP contribution in [0.25, 0.3) is 0 Å². The van der Waals surface area contributed by atoms with Crippen LogP contribution in [-0.2, 0) is 0 Å². The zero-order chi connectivity index (χ0) is 13.1. The quantitative estimate of drug-likeness (QED) is 0.765. The lowest BCUT2D eigenvalue weighted by molar-refractivity contribution is 0.0773. The van der Waals surface area contributed by atoms with Gasteiger partial charge in [-0.1, -0.05) is 24.3 Å². The van der Waals surface area contributed by atoms with E-state index in [2.05, 4.69) is 15.5 Å². The zero-order valence-corrected chi connectivity index (χ0v) is 11.5. The number of carbonyl (C=O) groups is 1. The molecule has 1 aromatic heterocycles. The summed E-state index contributed by atoms with van der Waals surface area (Å²) in [6.07, 6.45) is 7.74. The van der Waals surface area contributed by atoms with Crippen molar-refractivity contribution in [2.24, 2.45) is 5.92 Å². The average molecular weight is 263 g/mol. The van der Waals surface area contributed by atoms with E-state index in [0.717, 1.165) is 12.2 Å². The molecule has 0 bridgehead atoms. The molecule has 0 aromatic carbocycles. The molecule has 0 aliphatic heterocycles. The predicted octanol–water partition coefficient (Wildman–Crippen LogP) is 2.15. The molecular formula is C13H17N3OS. The summed E-state index contributed by atoms with van der Waals surface area (Å²) in [6, 6.07) is 0. The number of hydrogen-bond donors (Lipinski definition) is 0. The molecule has 1 aliphatic carbocycles. The number of rotatable bonds is 5. The number of hydrogen-bond acceptors (Lipinski definition) is 4. The van der Waals surface area contributed by atoms with Gasteiger partial charge in [0.2, 0.25) is 0 Å². The van der Waals surface area contributed by atoms with Gasteiger partial charge in [0.05, 0.1) is 12.2 Å². The van der Waals surface area contributed by atoms with Gasteiger partial charge >= 0.3 is 0 Å². The summed E-state index contributed by atoms with van der Waals surface area (Å²) < 4.78 is 3.89. The fourth-order valence-corrected chi connectivity index (χ4v) is 2.60. The van der Waals surface area contributed by atoms with Crippen molar-refractivity contribution in [3.05, 3.63) is 10.6 Å². The van der Waals surface area contributed by atoms with Crippen molar-refractivity contribution in [3.8, 4) is 12.3 Å². The van der Waals surface area contributed by atoms with Crippen molar-refractivity contribution in [2.75, 3.05) is 13.1 Å². The van der Waals surface area contributed by atoms with Crippen LogP contribution in [0.2, 0.25) is 0 Å². The summed E-state index contributed by atoms with van der Waals surface area (Å²) in [6.45, 7) is 5.16. The van der Waals surface area contributed by atoms with Crippen molar-refractivity contribution in [3.63, 3.8) is 0 Å². The molecule has 0 radical (unpaired) electrons. The van der Waals surface area contributed by atoms with Gasteiger partial charge in [-0.3, -0.25) is 4.79 Å². The van der Waals surface area contributed by atoms with E-state index < -0.39 is 0 Å². The van der Waals surface area contributed by atoms with Gasteiger partial charge < -0.3 is 4.90 Å². The molecule has 96 valence electrons. The van der Waals surface area contributed by atoms with E-state index in [0.29, 0.717) is 17.3 Å².